The SMILES string of the molecule is CC1C(N)CCN1S(=O)(=O)c1ccc(Cl)s1. The molecule has 0 bridgehead atoms. The minimum absolute atomic E-state index is 0.0785. The van der Waals surface area contributed by atoms with Crippen LogP contribution in [0.4, 0.5) is 0 Å². The minimum Gasteiger partial charge on any atom is -0.326 e. The number of thiophene rings is 1. The third kappa shape index (κ3) is 2.00. The van der Waals surface area contributed by atoms with Crippen LogP contribution in [0, 0.1) is 0 Å². The van der Waals surface area contributed by atoms with Gasteiger partial charge in [0.2, 0.25) is 0 Å². The van der Waals surface area contributed by atoms with Crippen LogP contribution in [-0.4, -0.2) is 31.4 Å². The summed E-state index contributed by atoms with van der Waals surface area (Å²) < 4.78 is 26.7. The summed E-state index contributed by atoms with van der Waals surface area (Å²) in [5.41, 5.74) is 5.82. The monoisotopic (exact) mass is 280 g/mol. The molecule has 2 heterocycles. The molecular formula is C9H13ClN2O2S2. The van der Waals surface area contributed by atoms with Crippen molar-refractivity contribution in [3.05, 3.63) is 16.5 Å². The number of rotatable bonds is 2. The Labute approximate surface area is 104 Å². The highest BCUT2D eigenvalue weighted by Gasteiger charge is 2.37. The minimum atomic E-state index is -3.41. The van der Waals surface area contributed by atoms with Gasteiger partial charge in [-0.1, -0.05) is 11.6 Å². The van der Waals surface area contributed by atoms with Crippen LogP contribution < -0.4 is 5.73 Å². The third-order valence-electron chi connectivity index (χ3n) is 2.87. The van der Waals surface area contributed by atoms with Crippen LogP contribution >= 0.6 is 22.9 Å². The first-order chi connectivity index (χ1) is 7.43. The van der Waals surface area contributed by atoms with Gasteiger partial charge in [-0.2, -0.15) is 4.31 Å². The molecule has 0 saturated carbocycles. The molecule has 1 aliphatic heterocycles. The molecule has 0 aromatic carbocycles. The zero-order valence-electron chi connectivity index (χ0n) is 8.76. The lowest BCUT2D eigenvalue weighted by molar-refractivity contribution is 0.394. The second kappa shape index (κ2) is 4.27. The molecule has 2 atom stereocenters. The van der Waals surface area contributed by atoms with Crippen molar-refractivity contribution in [2.45, 2.75) is 29.6 Å². The zero-order chi connectivity index (χ0) is 11.9. The molecule has 1 aromatic heterocycles. The van der Waals surface area contributed by atoms with E-state index in [1.54, 1.807) is 12.1 Å². The fourth-order valence-corrected chi connectivity index (χ4v) is 5.13. The van der Waals surface area contributed by atoms with Crippen LogP contribution in [0.15, 0.2) is 16.3 Å². The van der Waals surface area contributed by atoms with Gasteiger partial charge < -0.3 is 5.73 Å². The van der Waals surface area contributed by atoms with Crippen molar-refractivity contribution in [1.82, 2.24) is 4.31 Å². The Bertz CT molecular complexity index is 485. The van der Waals surface area contributed by atoms with Gasteiger partial charge in [-0.05, 0) is 25.5 Å². The molecule has 1 aromatic rings. The first-order valence-corrected chi connectivity index (χ1v) is 7.59. The summed E-state index contributed by atoms with van der Waals surface area (Å²) in [7, 11) is -3.41. The van der Waals surface area contributed by atoms with Gasteiger partial charge in [0.15, 0.2) is 0 Å². The van der Waals surface area contributed by atoms with Crippen LogP contribution in [-0.2, 0) is 10.0 Å². The summed E-state index contributed by atoms with van der Waals surface area (Å²) in [6.07, 6.45) is 0.708. The summed E-state index contributed by atoms with van der Waals surface area (Å²) >= 11 is 6.83. The molecule has 0 amide bonds. The standard InChI is InChI=1S/C9H13ClN2O2S2/c1-6-7(11)4-5-12(6)16(13,14)9-3-2-8(10)15-9/h2-3,6-7H,4-5,11H2,1H3. The Morgan fingerprint density at radius 3 is 2.69 bits per heavy atom. The van der Waals surface area contributed by atoms with Crippen LogP contribution in [0.3, 0.4) is 0 Å². The van der Waals surface area contributed by atoms with E-state index in [0.717, 1.165) is 11.3 Å². The van der Waals surface area contributed by atoms with Crippen molar-refractivity contribution in [1.29, 1.82) is 0 Å². The van der Waals surface area contributed by atoms with E-state index in [1.165, 1.54) is 4.31 Å². The number of halogens is 1. The fraction of sp³-hybridized carbons (Fsp3) is 0.556. The number of sulfonamides is 1. The maximum Gasteiger partial charge on any atom is 0.252 e. The Morgan fingerprint density at radius 2 is 2.25 bits per heavy atom. The van der Waals surface area contributed by atoms with E-state index in [4.69, 9.17) is 17.3 Å². The highest BCUT2D eigenvalue weighted by molar-refractivity contribution is 7.91. The maximum atomic E-state index is 12.2. The second-order valence-electron chi connectivity index (χ2n) is 3.87. The Balaban J connectivity index is 2.33. The van der Waals surface area contributed by atoms with Crippen LogP contribution in [0.2, 0.25) is 4.34 Å². The molecular weight excluding hydrogens is 268 g/mol. The lowest BCUT2D eigenvalue weighted by Crippen LogP contribution is -2.40. The molecule has 1 fully saturated rings. The van der Waals surface area contributed by atoms with Gasteiger partial charge in [0.25, 0.3) is 10.0 Å². The number of nitrogens with two attached hydrogens (primary N) is 1. The van der Waals surface area contributed by atoms with E-state index in [2.05, 4.69) is 0 Å². The predicted molar refractivity (Wildman–Crippen MR) is 65.3 cm³/mol. The second-order valence-corrected chi connectivity index (χ2v) is 7.70. The van der Waals surface area contributed by atoms with Gasteiger partial charge in [-0.25, -0.2) is 8.42 Å². The topological polar surface area (TPSA) is 63.4 Å². The molecule has 7 heteroatoms. The van der Waals surface area contributed by atoms with Crippen LogP contribution in [0.5, 0.6) is 0 Å². The average molecular weight is 281 g/mol. The van der Waals surface area contributed by atoms with E-state index in [9.17, 15) is 8.42 Å². The molecule has 2 unspecified atom stereocenters. The van der Waals surface area contributed by atoms with Crippen LogP contribution in [0.1, 0.15) is 13.3 Å². The van der Waals surface area contributed by atoms with Gasteiger partial charge >= 0.3 is 0 Å². The van der Waals surface area contributed by atoms with E-state index in [1.807, 2.05) is 6.92 Å². The third-order valence-corrected chi connectivity index (χ3v) is 6.55. The highest BCUT2D eigenvalue weighted by atomic mass is 35.5. The summed E-state index contributed by atoms with van der Waals surface area (Å²) in [6.45, 7) is 2.32. The van der Waals surface area contributed by atoms with Crippen molar-refractivity contribution >= 4 is 33.0 Å². The summed E-state index contributed by atoms with van der Waals surface area (Å²) in [4.78, 5) is 0. The summed E-state index contributed by atoms with van der Waals surface area (Å²) in [5.74, 6) is 0. The summed E-state index contributed by atoms with van der Waals surface area (Å²) in [6, 6.07) is 2.91. The van der Waals surface area contributed by atoms with Crippen LogP contribution in [0.25, 0.3) is 0 Å². The van der Waals surface area contributed by atoms with Crippen molar-refractivity contribution in [2.24, 2.45) is 5.73 Å². The van der Waals surface area contributed by atoms with Crippen molar-refractivity contribution in [2.75, 3.05) is 6.54 Å². The first-order valence-electron chi connectivity index (χ1n) is 4.95. The van der Waals surface area contributed by atoms with Crippen molar-refractivity contribution in [3.8, 4) is 0 Å². The Morgan fingerprint density at radius 1 is 1.56 bits per heavy atom. The molecule has 1 aliphatic rings. The van der Waals surface area contributed by atoms with Crippen molar-refractivity contribution in [3.63, 3.8) is 0 Å². The first kappa shape index (κ1) is 12.3. The largest absolute Gasteiger partial charge is 0.326 e. The Kier molecular flexibility index (Phi) is 3.29. The molecule has 90 valence electrons. The molecule has 0 spiro atoms. The highest BCUT2D eigenvalue weighted by Crippen LogP contribution is 2.31. The normalized spacial score (nSPS) is 27.4. The van der Waals surface area contributed by atoms with Gasteiger partial charge in [0.05, 0.1) is 4.34 Å². The predicted octanol–water partition coefficient (Wildman–Crippen LogP) is 1.51. The van der Waals surface area contributed by atoms with E-state index in [-0.39, 0.29) is 12.1 Å². The zero-order valence-corrected chi connectivity index (χ0v) is 11.1. The van der Waals surface area contributed by atoms with Gasteiger partial charge in [0.1, 0.15) is 4.21 Å². The molecule has 16 heavy (non-hydrogen) atoms. The van der Waals surface area contributed by atoms with E-state index >= 15 is 0 Å². The average Bonchev–Trinajstić information content (AvgIpc) is 2.76. The fourth-order valence-electron chi connectivity index (χ4n) is 1.83. The maximum absolute atomic E-state index is 12.2. The van der Waals surface area contributed by atoms with Crippen molar-refractivity contribution < 1.29 is 8.42 Å². The van der Waals surface area contributed by atoms with E-state index < -0.39 is 10.0 Å². The molecule has 4 nitrogen and oxygen atoms in total. The molecule has 2 N–H and O–H groups in total. The van der Waals surface area contributed by atoms with Gasteiger partial charge in [-0.15, -0.1) is 11.3 Å². The number of hydrogen-bond donors (Lipinski definition) is 1. The molecule has 0 radical (unpaired) electrons. The molecule has 1 saturated heterocycles. The molecule has 2 rings (SSSR count). The lowest BCUT2D eigenvalue weighted by atomic mass is 10.2. The van der Waals surface area contributed by atoms with Gasteiger partial charge in [-0.3, -0.25) is 0 Å². The number of nitrogens with zero attached hydrogens (tertiary/aromatic N) is 1. The summed E-state index contributed by atoms with van der Waals surface area (Å²) in [5, 5.41) is 0. The number of hydrogen-bond acceptors (Lipinski definition) is 4. The van der Waals surface area contributed by atoms with Gasteiger partial charge in [0, 0.05) is 18.6 Å². The lowest BCUT2D eigenvalue weighted by Gasteiger charge is -2.21. The quantitative estimate of drug-likeness (QED) is 0.893. The molecule has 0 aliphatic carbocycles. The Hall–Kier alpha value is -0.140. The van der Waals surface area contributed by atoms with E-state index in [0.29, 0.717) is 21.5 Å². The smallest absolute Gasteiger partial charge is 0.252 e.